The van der Waals surface area contributed by atoms with E-state index in [2.05, 4.69) is 27.0 Å². The molecule has 0 radical (unpaired) electrons. The second kappa shape index (κ2) is 6.87. The van der Waals surface area contributed by atoms with Crippen molar-refractivity contribution in [2.75, 3.05) is 6.61 Å². The molecule has 1 N–H and O–H groups in total. The fourth-order valence-corrected chi connectivity index (χ4v) is 1.54. The van der Waals surface area contributed by atoms with Crippen molar-refractivity contribution in [2.24, 2.45) is 0 Å². The first-order valence-electron chi connectivity index (χ1n) is 5.97. The number of rotatable bonds is 9. The van der Waals surface area contributed by atoms with Crippen molar-refractivity contribution in [1.82, 2.24) is 0 Å². The van der Waals surface area contributed by atoms with Gasteiger partial charge in [-0.2, -0.15) is 0 Å². The van der Waals surface area contributed by atoms with Crippen LogP contribution in [0.3, 0.4) is 0 Å². The summed E-state index contributed by atoms with van der Waals surface area (Å²) in [6.45, 7) is 13.9. The van der Waals surface area contributed by atoms with E-state index in [0.29, 0.717) is 19.4 Å². The summed E-state index contributed by atoms with van der Waals surface area (Å²) in [5, 5.41) is 9.94. The molecule has 0 amide bonds. The van der Waals surface area contributed by atoms with Gasteiger partial charge < -0.3 is 9.84 Å². The average Bonchev–Trinajstić information content (AvgIpc) is 2.17. The van der Waals surface area contributed by atoms with Gasteiger partial charge in [0.05, 0.1) is 17.8 Å². The minimum atomic E-state index is -0.704. The number of hydrogen-bond donors (Lipinski definition) is 1. The van der Waals surface area contributed by atoms with E-state index in [1.165, 1.54) is 0 Å². The van der Waals surface area contributed by atoms with E-state index in [9.17, 15) is 5.11 Å². The Morgan fingerprint density at radius 2 is 1.75 bits per heavy atom. The molecule has 0 saturated carbocycles. The molecule has 0 aromatic carbocycles. The molecule has 0 rings (SSSR count). The van der Waals surface area contributed by atoms with Gasteiger partial charge in [-0.1, -0.05) is 19.1 Å². The molecule has 2 nitrogen and oxygen atoms in total. The van der Waals surface area contributed by atoms with Crippen molar-refractivity contribution in [3.05, 3.63) is 25.3 Å². The highest BCUT2D eigenvalue weighted by molar-refractivity contribution is 4.85. The van der Waals surface area contributed by atoms with Gasteiger partial charge >= 0.3 is 0 Å². The van der Waals surface area contributed by atoms with Gasteiger partial charge in [-0.25, -0.2) is 0 Å². The second-order valence-corrected chi connectivity index (χ2v) is 4.88. The molecule has 0 spiro atoms. The third-order valence-electron chi connectivity index (χ3n) is 3.00. The average molecular weight is 226 g/mol. The summed E-state index contributed by atoms with van der Waals surface area (Å²) in [6.07, 6.45) is 6.64. The number of hydrogen-bond acceptors (Lipinski definition) is 2. The second-order valence-electron chi connectivity index (χ2n) is 4.88. The lowest BCUT2D eigenvalue weighted by Gasteiger charge is -2.30. The van der Waals surface area contributed by atoms with Crippen LogP contribution in [0.2, 0.25) is 0 Å². The zero-order valence-corrected chi connectivity index (χ0v) is 11.0. The summed E-state index contributed by atoms with van der Waals surface area (Å²) in [5.74, 6) is 0. The Bertz CT molecular complexity index is 221. The van der Waals surface area contributed by atoms with Gasteiger partial charge in [-0.3, -0.25) is 0 Å². The van der Waals surface area contributed by atoms with E-state index in [0.717, 1.165) is 12.8 Å². The van der Waals surface area contributed by atoms with Crippen LogP contribution < -0.4 is 0 Å². The van der Waals surface area contributed by atoms with Crippen LogP contribution >= 0.6 is 0 Å². The molecule has 0 heterocycles. The normalized spacial score (nSPS) is 18.5. The predicted octanol–water partition coefficient (Wildman–Crippen LogP) is 3.47. The molecule has 0 aliphatic heterocycles. The number of ether oxygens (including phenoxy) is 1. The third-order valence-corrected chi connectivity index (χ3v) is 3.00. The van der Waals surface area contributed by atoms with Crippen LogP contribution in [-0.4, -0.2) is 22.9 Å². The van der Waals surface area contributed by atoms with Crippen LogP contribution in [0.25, 0.3) is 0 Å². The maximum atomic E-state index is 9.94. The van der Waals surface area contributed by atoms with Gasteiger partial charge in [0.1, 0.15) is 0 Å². The minimum absolute atomic E-state index is 0.147. The Balaban J connectivity index is 4.03. The minimum Gasteiger partial charge on any atom is -0.390 e. The molecule has 0 aromatic rings. The maximum Gasteiger partial charge on any atom is 0.0686 e. The summed E-state index contributed by atoms with van der Waals surface area (Å²) in [5.41, 5.74) is -0.851. The molecule has 0 aliphatic carbocycles. The highest BCUT2D eigenvalue weighted by Crippen LogP contribution is 2.22. The van der Waals surface area contributed by atoms with Crippen molar-refractivity contribution >= 4 is 0 Å². The summed E-state index contributed by atoms with van der Waals surface area (Å²) >= 11 is 0. The molecule has 16 heavy (non-hydrogen) atoms. The topological polar surface area (TPSA) is 29.5 Å². The van der Waals surface area contributed by atoms with E-state index >= 15 is 0 Å². The highest BCUT2D eigenvalue weighted by atomic mass is 16.5. The first-order chi connectivity index (χ1) is 7.39. The predicted molar refractivity (Wildman–Crippen MR) is 69.5 cm³/mol. The zero-order valence-electron chi connectivity index (χ0n) is 11.0. The quantitative estimate of drug-likeness (QED) is 0.610. The van der Waals surface area contributed by atoms with Crippen LogP contribution in [0, 0.1) is 0 Å². The Morgan fingerprint density at radius 1 is 1.19 bits per heavy atom. The Kier molecular flexibility index (Phi) is 6.61. The maximum absolute atomic E-state index is 9.94. The van der Waals surface area contributed by atoms with Gasteiger partial charge in [0.2, 0.25) is 0 Å². The monoisotopic (exact) mass is 226 g/mol. The number of aliphatic hydroxyl groups is 1. The van der Waals surface area contributed by atoms with Crippen LogP contribution in [0.4, 0.5) is 0 Å². The van der Waals surface area contributed by atoms with Gasteiger partial charge in [-0.05, 0) is 39.5 Å². The Morgan fingerprint density at radius 3 is 2.19 bits per heavy atom. The van der Waals surface area contributed by atoms with Crippen LogP contribution in [-0.2, 0) is 4.74 Å². The lowest BCUT2D eigenvalue weighted by atomic mass is 9.97. The van der Waals surface area contributed by atoms with Crippen LogP contribution in [0.15, 0.2) is 25.3 Å². The molecule has 0 fully saturated rings. The molecule has 94 valence electrons. The summed E-state index contributed by atoms with van der Waals surface area (Å²) < 4.78 is 5.84. The fourth-order valence-electron chi connectivity index (χ4n) is 1.54. The van der Waals surface area contributed by atoms with E-state index in [-0.39, 0.29) is 5.60 Å². The molecular formula is C14H26O2. The molecule has 0 bridgehead atoms. The molecule has 0 saturated heterocycles. The van der Waals surface area contributed by atoms with Crippen molar-refractivity contribution in [3.63, 3.8) is 0 Å². The van der Waals surface area contributed by atoms with Gasteiger partial charge in [0.25, 0.3) is 0 Å². The van der Waals surface area contributed by atoms with E-state index < -0.39 is 5.60 Å². The molecular weight excluding hydrogens is 200 g/mol. The fraction of sp³-hybridized carbons (Fsp3) is 0.714. The Labute approximate surface area is 100 Å². The molecule has 0 aliphatic rings. The smallest absolute Gasteiger partial charge is 0.0686 e. The Hall–Kier alpha value is -0.600. The lowest BCUT2D eigenvalue weighted by molar-refractivity contribution is -0.0597. The zero-order chi connectivity index (χ0) is 12.7. The van der Waals surface area contributed by atoms with Crippen molar-refractivity contribution in [2.45, 2.75) is 57.7 Å². The molecule has 0 aromatic heterocycles. The molecule has 2 atom stereocenters. The van der Waals surface area contributed by atoms with E-state index in [1.54, 1.807) is 6.08 Å². The largest absolute Gasteiger partial charge is 0.390 e. The molecule has 2 unspecified atom stereocenters. The highest BCUT2D eigenvalue weighted by Gasteiger charge is 2.23. The first-order valence-corrected chi connectivity index (χ1v) is 5.97. The summed E-state index contributed by atoms with van der Waals surface area (Å²) in [4.78, 5) is 0. The SMILES string of the molecule is C=CCC(C)(O)CCOC(C)(CC)CC=C. The van der Waals surface area contributed by atoms with E-state index in [4.69, 9.17) is 4.74 Å². The van der Waals surface area contributed by atoms with Gasteiger partial charge in [-0.15, -0.1) is 13.2 Å². The van der Waals surface area contributed by atoms with Crippen molar-refractivity contribution in [3.8, 4) is 0 Å². The van der Waals surface area contributed by atoms with Crippen molar-refractivity contribution in [1.29, 1.82) is 0 Å². The standard InChI is InChI=1S/C14H26O2/c1-6-9-13(4,15)11-12-16-14(5,8-3)10-7-2/h6-7,15H,1-2,8-12H2,3-5H3. The molecule has 2 heteroatoms. The van der Waals surface area contributed by atoms with Gasteiger partial charge in [0, 0.05) is 0 Å². The first kappa shape index (κ1) is 15.4. The van der Waals surface area contributed by atoms with Gasteiger partial charge in [0.15, 0.2) is 0 Å². The summed E-state index contributed by atoms with van der Waals surface area (Å²) in [7, 11) is 0. The van der Waals surface area contributed by atoms with Crippen LogP contribution in [0.1, 0.15) is 46.5 Å². The van der Waals surface area contributed by atoms with Crippen molar-refractivity contribution < 1.29 is 9.84 Å². The third kappa shape index (κ3) is 6.09. The summed E-state index contributed by atoms with van der Waals surface area (Å²) in [6, 6.07) is 0. The lowest BCUT2D eigenvalue weighted by Crippen LogP contribution is -2.31. The van der Waals surface area contributed by atoms with E-state index in [1.807, 2.05) is 13.0 Å². The van der Waals surface area contributed by atoms with Crippen LogP contribution in [0.5, 0.6) is 0 Å².